The SMILES string of the molecule is C=C/C=C\C(=C/C=C)C(C)(C)I. The highest BCUT2D eigenvalue weighted by Crippen LogP contribution is 2.27. The summed E-state index contributed by atoms with van der Waals surface area (Å²) in [6, 6.07) is 0. The van der Waals surface area contributed by atoms with E-state index >= 15 is 0 Å². The van der Waals surface area contributed by atoms with E-state index in [1.807, 2.05) is 18.2 Å². The van der Waals surface area contributed by atoms with Crippen LogP contribution in [-0.2, 0) is 0 Å². The molecule has 0 amide bonds. The summed E-state index contributed by atoms with van der Waals surface area (Å²) in [5.41, 5.74) is 1.25. The van der Waals surface area contributed by atoms with Crippen LogP contribution in [0.15, 0.2) is 49.1 Å². The van der Waals surface area contributed by atoms with Gasteiger partial charge in [0.2, 0.25) is 0 Å². The van der Waals surface area contributed by atoms with Gasteiger partial charge < -0.3 is 0 Å². The Bertz CT molecular complexity index is 214. The summed E-state index contributed by atoms with van der Waals surface area (Å²) >= 11 is 2.40. The first-order chi connectivity index (χ1) is 5.52. The Kier molecular flexibility index (Phi) is 5.22. The van der Waals surface area contributed by atoms with Crippen LogP contribution in [0.3, 0.4) is 0 Å². The molecule has 0 unspecified atom stereocenters. The van der Waals surface area contributed by atoms with Gasteiger partial charge in [0, 0.05) is 3.42 Å². The van der Waals surface area contributed by atoms with Crippen LogP contribution >= 0.6 is 22.6 Å². The lowest BCUT2D eigenvalue weighted by Crippen LogP contribution is -2.11. The predicted octanol–water partition coefficient (Wildman–Crippen LogP) is 4.05. The minimum Gasteiger partial charge on any atom is -0.0991 e. The van der Waals surface area contributed by atoms with Gasteiger partial charge in [-0.1, -0.05) is 66.1 Å². The molecule has 66 valence electrons. The molecule has 0 aliphatic rings. The Labute approximate surface area is 88.9 Å². The van der Waals surface area contributed by atoms with Crippen LogP contribution in [0.4, 0.5) is 0 Å². The van der Waals surface area contributed by atoms with Gasteiger partial charge in [0.15, 0.2) is 0 Å². The fourth-order valence-corrected chi connectivity index (χ4v) is 1.11. The molecule has 0 nitrogen and oxygen atoms in total. The summed E-state index contributed by atoms with van der Waals surface area (Å²) in [6.07, 6.45) is 9.60. The van der Waals surface area contributed by atoms with E-state index in [9.17, 15) is 0 Å². The van der Waals surface area contributed by atoms with Crippen LogP contribution in [0.5, 0.6) is 0 Å². The van der Waals surface area contributed by atoms with E-state index < -0.39 is 0 Å². The molecule has 0 saturated carbocycles. The lowest BCUT2D eigenvalue weighted by Gasteiger charge is -2.17. The average Bonchev–Trinajstić information content (AvgIpc) is 1.95. The highest BCUT2D eigenvalue weighted by molar-refractivity contribution is 14.1. The number of rotatable bonds is 4. The Balaban J connectivity index is 4.68. The monoisotopic (exact) mass is 274 g/mol. The molecule has 0 atom stereocenters. The van der Waals surface area contributed by atoms with Crippen molar-refractivity contribution in [1.29, 1.82) is 0 Å². The Morgan fingerprint density at radius 1 is 1.25 bits per heavy atom. The molecule has 12 heavy (non-hydrogen) atoms. The molecule has 0 spiro atoms. The van der Waals surface area contributed by atoms with Gasteiger partial charge in [-0.3, -0.25) is 0 Å². The van der Waals surface area contributed by atoms with Crippen LogP contribution in [0.2, 0.25) is 0 Å². The van der Waals surface area contributed by atoms with Crippen molar-refractivity contribution in [3.63, 3.8) is 0 Å². The number of hydrogen-bond acceptors (Lipinski definition) is 0. The minimum atomic E-state index is 0.144. The molecule has 0 aliphatic carbocycles. The van der Waals surface area contributed by atoms with Crippen LogP contribution in [0, 0.1) is 0 Å². The highest BCUT2D eigenvalue weighted by atomic mass is 127. The maximum absolute atomic E-state index is 3.68. The first-order valence-electron chi connectivity index (χ1n) is 3.83. The standard InChI is InChI=1S/C11H15I/c1-5-7-9-10(8-6-2)11(3,4)12/h5-9H,1-2H2,3-4H3/b9-7-,10-8+. The van der Waals surface area contributed by atoms with Crippen molar-refractivity contribution in [2.24, 2.45) is 0 Å². The smallest absolute Gasteiger partial charge is 0.0414 e. The molecule has 0 fully saturated rings. The van der Waals surface area contributed by atoms with Gasteiger partial charge in [0.1, 0.15) is 0 Å². The molecule has 0 aromatic rings. The van der Waals surface area contributed by atoms with E-state index in [1.54, 1.807) is 6.08 Å². The second-order valence-corrected chi connectivity index (χ2v) is 5.62. The van der Waals surface area contributed by atoms with Crippen molar-refractivity contribution < 1.29 is 0 Å². The van der Waals surface area contributed by atoms with Crippen LogP contribution in [-0.4, -0.2) is 3.42 Å². The lowest BCUT2D eigenvalue weighted by molar-refractivity contribution is 0.900. The van der Waals surface area contributed by atoms with Crippen LogP contribution in [0.1, 0.15) is 13.8 Å². The molecule has 0 aromatic heterocycles. The Morgan fingerprint density at radius 3 is 2.17 bits per heavy atom. The van der Waals surface area contributed by atoms with Crippen molar-refractivity contribution in [3.05, 3.63) is 49.1 Å². The van der Waals surface area contributed by atoms with E-state index in [0.29, 0.717) is 0 Å². The third-order valence-corrected chi connectivity index (χ3v) is 2.02. The third kappa shape index (κ3) is 4.54. The Morgan fingerprint density at radius 2 is 1.83 bits per heavy atom. The average molecular weight is 274 g/mol. The van der Waals surface area contributed by atoms with Crippen LogP contribution < -0.4 is 0 Å². The normalized spacial score (nSPS) is 13.4. The van der Waals surface area contributed by atoms with E-state index in [-0.39, 0.29) is 3.42 Å². The van der Waals surface area contributed by atoms with Gasteiger partial charge in [-0.25, -0.2) is 0 Å². The van der Waals surface area contributed by atoms with Crippen molar-refractivity contribution in [2.75, 3.05) is 0 Å². The molecule has 0 N–H and O–H groups in total. The summed E-state index contributed by atoms with van der Waals surface area (Å²) in [6.45, 7) is 11.6. The maximum Gasteiger partial charge on any atom is 0.0414 e. The number of halogens is 1. The largest absolute Gasteiger partial charge is 0.0991 e. The second-order valence-electron chi connectivity index (χ2n) is 2.92. The molecule has 0 saturated heterocycles. The van der Waals surface area contributed by atoms with Gasteiger partial charge in [-0.05, 0) is 19.4 Å². The molecule has 0 bridgehead atoms. The van der Waals surface area contributed by atoms with E-state index in [4.69, 9.17) is 0 Å². The fourth-order valence-electron chi connectivity index (χ4n) is 0.751. The van der Waals surface area contributed by atoms with Crippen molar-refractivity contribution in [1.82, 2.24) is 0 Å². The van der Waals surface area contributed by atoms with Crippen molar-refractivity contribution >= 4 is 22.6 Å². The minimum absolute atomic E-state index is 0.144. The number of alkyl halides is 1. The summed E-state index contributed by atoms with van der Waals surface area (Å²) in [5.74, 6) is 0. The van der Waals surface area contributed by atoms with Gasteiger partial charge in [0.25, 0.3) is 0 Å². The molecule has 0 heterocycles. The van der Waals surface area contributed by atoms with Gasteiger partial charge >= 0.3 is 0 Å². The lowest BCUT2D eigenvalue weighted by atomic mass is 10.0. The topological polar surface area (TPSA) is 0 Å². The zero-order valence-corrected chi connectivity index (χ0v) is 9.84. The summed E-state index contributed by atoms with van der Waals surface area (Å²) in [7, 11) is 0. The molecule has 0 radical (unpaired) electrons. The number of allylic oxidation sites excluding steroid dienone is 6. The first kappa shape index (κ1) is 11.7. The summed E-state index contributed by atoms with van der Waals surface area (Å²) in [4.78, 5) is 0. The molecule has 0 aliphatic heterocycles. The maximum atomic E-state index is 3.68. The highest BCUT2D eigenvalue weighted by Gasteiger charge is 2.15. The first-order valence-corrected chi connectivity index (χ1v) is 4.91. The predicted molar refractivity (Wildman–Crippen MR) is 65.7 cm³/mol. The fraction of sp³-hybridized carbons (Fsp3) is 0.273. The number of hydrogen-bond donors (Lipinski definition) is 0. The summed E-state index contributed by atoms with van der Waals surface area (Å²) < 4.78 is 0.144. The van der Waals surface area contributed by atoms with E-state index in [2.05, 4.69) is 55.7 Å². The third-order valence-electron chi connectivity index (χ3n) is 1.40. The van der Waals surface area contributed by atoms with Crippen molar-refractivity contribution in [3.8, 4) is 0 Å². The Hall–Kier alpha value is -0.310. The van der Waals surface area contributed by atoms with Crippen LogP contribution in [0.25, 0.3) is 0 Å². The second kappa shape index (κ2) is 5.36. The molecular formula is C11H15I. The molecule has 0 rings (SSSR count). The molecule has 1 heteroatoms. The zero-order chi connectivity index (χ0) is 9.61. The van der Waals surface area contributed by atoms with Crippen molar-refractivity contribution in [2.45, 2.75) is 17.3 Å². The van der Waals surface area contributed by atoms with Gasteiger partial charge in [0.05, 0.1) is 0 Å². The van der Waals surface area contributed by atoms with E-state index in [0.717, 1.165) is 0 Å². The quantitative estimate of drug-likeness (QED) is 0.412. The van der Waals surface area contributed by atoms with Gasteiger partial charge in [-0.2, -0.15) is 0 Å². The van der Waals surface area contributed by atoms with E-state index in [1.165, 1.54) is 5.57 Å². The van der Waals surface area contributed by atoms with Gasteiger partial charge in [-0.15, -0.1) is 0 Å². The zero-order valence-electron chi connectivity index (χ0n) is 7.68. The molecule has 0 aromatic carbocycles. The molecular weight excluding hydrogens is 259 g/mol. The summed E-state index contributed by atoms with van der Waals surface area (Å²) in [5, 5.41) is 0.